The first kappa shape index (κ1) is 21.8. The van der Waals surface area contributed by atoms with Crippen LogP contribution in [0.4, 0.5) is 4.39 Å². The highest BCUT2D eigenvalue weighted by Crippen LogP contribution is 2.37. The van der Waals surface area contributed by atoms with Crippen molar-refractivity contribution in [2.75, 3.05) is 0 Å². The Balaban J connectivity index is 1.25. The molecule has 0 radical (unpaired) electrons. The molecule has 3 heterocycles. The van der Waals surface area contributed by atoms with Crippen molar-refractivity contribution in [3.05, 3.63) is 111 Å². The van der Waals surface area contributed by atoms with Crippen molar-refractivity contribution in [1.29, 1.82) is 0 Å². The van der Waals surface area contributed by atoms with E-state index in [0.29, 0.717) is 33.7 Å². The molecule has 1 amide bonds. The molecule has 5 aromatic rings. The van der Waals surface area contributed by atoms with E-state index in [0.717, 1.165) is 33.2 Å². The zero-order valence-corrected chi connectivity index (χ0v) is 19.6. The minimum Gasteiger partial charge on any atom is -0.364 e. The number of ether oxygens (including phenoxy) is 1. The Morgan fingerprint density at radius 1 is 1.20 bits per heavy atom. The summed E-state index contributed by atoms with van der Waals surface area (Å²) in [5.74, 6) is -0.692. The van der Waals surface area contributed by atoms with Crippen molar-refractivity contribution in [2.24, 2.45) is 0 Å². The molecule has 1 atom stereocenters. The van der Waals surface area contributed by atoms with Crippen LogP contribution in [0.25, 0.3) is 21.8 Å². The third-order valence-corrected chi connectivity index (χ3v) is 6.81. The van der Waals surface area contributed by atoms with Crippen LogP contribution in [0.1, 0.15) is 44.3 Å². The predicted octanol–water partition coefficient (Wildman–Crippen LogP) is 6.37. The maximum absolute atomic E-state index is 14.5. The first-order valence-corrected chi connectivity index (χ1v) is 11.7. The minimum absolute atomic E-state index is 0.0487. The lowest BCUT2D eigenvalue weighted by Gasteiger charge is -2.14. The number of rotatable bonds is 4. The third kappa shape index (κ3) is 3.95. The normalized spacial score (nSPS) is 15.0. The molecule has 0 saturated carbocycles. The van der Waals surface area contributed by atoms with Crippen LogP contribution < -0.4 is 5.32 Å². The summed E-state index contributed by atoms with van der Waals surface area (Å²) in [7, 11) is 0. The van der Waals surface area contributed by atoms with Crippen molar-refractivity contribution in [2.45, 2.75) is 26.2 Å². The second kappa shape index (κ2) is 8.48. The van der Waals surface area contributed by atoms with Gasteiger partial charge in [-0.25, -0.2) is 4.39 Å². The molecule has 7 heteroatoms. The first-order valence-electron chi connectivity index (χ1n) is 11.3. The van der Waals surface area contributed by atoms with Gasteiger partial charge in [-0.3, -0.25) is 9.78 Å². The van der Waals surface area contributed by atoms with E-state index in [9.17, 15) is 9.18 Å². The van der Waals surface area contributed by atoms with Crippen molar-refractivity contribution in [3.63, 3.8) is 0 Å². The summed E-state index contributed by atoms with van der Waals surface area (Å²) in [5.41, 5.74) is 6.49. The number of benzene rings is 3. The summed E-state index contributed by atoms with van der Waals surface area (Å²) in [6.45, 7) is 2.57. The van der Waals surface area contributed by atoms with Gasteiger partial charge in [0.15, 0.2) is 0 Å². The van der Waals surface area contributed by atoms with Crippen LogP contribution in [0, 0.1) is 12.7 Å². The monoisotopic (exact) mass is 485 g/mol. The molecule has 1 aliphatic rings. The molecular weight excluding hydrogens is 465 g/mol. The summed E-state index contributed by atoms with van der Waals surface area (Å²) in [6.07, 6.45) is 3.14. The molecule has 6 rings (SSSR count). The fourth-order valence-electron chi connectivity index (χ4n) is 4.63. The van der Waals surface area contributed by atoms with Crippen molar-refractivity contribution >= 4 is 39.3 Å². The fourth-order valence-corrected chi connectivity index (χ4v) is 4.84. The number of aryl methyl sites for hydroxylation is 1. The molecule has 1 unspecified atom stereocenters. The molecule has 0 aliphatic carbocycles. The van der Waals surface area contributed by atoms with Gasteiger partial charge in [-0.1, -0.05) is 29.3 Å². The summed E-state index contributed by atoms with van der Waals surface area (Å²) >= 11 is 6.16. The van der Waals surface area contributed by atoms with Crippen LogP contribution in [0.3, 0.4) is 0 Å². The Hall–Kier alpha value is -3.74. The molecule has 0 fully saturated rings. The molecule has 35 heavy (non-hydrogen) atoms. The SMILES string of the molecule is Cc1ccc2ncc(C3OCc4ccc(C(=O)NCc5cc6c(Cl)c[nH]c6cc5F)cc43)cc2c1. The zero-order valence-electron chi connectivity index (χ0n) is 18.9. The molecular formula is C28H21ClFN3O2. The van der Waals surface area contributed by atoms with Gasteiger partial charge < -0.3 is 15.0 Å². The Bertz CT molecular complexity index is 1630. The quantitative estimate of drug-likeness (QED) is 0.311. The smallest absolute Gasteiger partial charge is 0.251 e. The van der Waals surface area contributed by atoms with E-state index in [2.05, 4.69) is 34.3 Å². The first-order chi connectivity index (χ1) is 17.0. The fraction of sp³-hybridized carbons (Fsp3) is 0.143. The van der Waals surface area contributed by atoms with Gasteiger partial charge in [-0.2, -0.15) is 0 Å². The number of carbonyl (C=O) groups excluding carboxylic acids is 1. The number of aromatic amines is 1. The summed E-state index contributed by atoms with van der Waals surface area (Å²) < 4.78 is 20.6. The number of aromatic nitrogens is 2. The maximum Gasteiger partial charge on any atom is 0.251 e. The maximum atomic E-state index is 14.5. The van der Waals surface area contributed by atoms with E-state index < -0.39 is 5.82 Å². The highest BCUT2D eigenvalue weighted by molar-refractivity contribution is 6.35. The van der Waals surface area contributed by atoms with Gasteiger partial charge in [0.2, 0.25) is 0 Å². The van der Waals surface area contributed by atoms with E-state index in [1.807, 2.05) is 30.5 Å². The molecule has 1 aliphatic heterocycles. The molecule has 0 bridgehead atoms. The van der Waals surface area contributed by atoms with Gasteiger partial charge >= 0.3 is 0 Å². The largest absolute Gasteiger partial charge is 0.364 e. The summed E-state index contributed by atoms with van der Waals surface area (Å²) in [4.78, 5) is 20.5. The average Bonchev–Trinajstić information content (AvgIpc) is 3.44. The number of hydrogen-bond donors (Lipinski definition) is 2. The number of carbonyl (C=O) groups is 1. The Kier molecular flexibility index (Phi) is 5.28. The number of halogens is 2. The molecule has 174 valence electrons. The van der Waals surface area contributed by atoms with Gasteiger partial charge in [-0.15, -0.1) is 0 Å². The van der Waals surface area contributed by atoms with Crippen LogP contribution >= 0.6 is 11.6 Å². The number of pyridine rings is 1. The number of hydrogen-bond acceptors (Lipinski definition) is 3. The van der Waals surface area contributed by atoms with Crippen LogP contribution in [0.15, 0.2) is 67.0 Å². The molecule has 2 N–H and O–H groups in total. The average molecular weight is 486 g/mol. The highest BCUT2D eigenvalue weighted by atomic mass is 35.5. The highest BCUT2D eigenvalue weighted by Gasteiger charge is 2.26. The number of nitrogens with zero attached hydrogens (tertiary/aromatic N) is 1. The van der Waals surface area contributed by atoms with E-state index >= 15 is 0 Å². The third-order valence-electron chi connectivity index (χ3n) is 6.49. The van der Waals surface area contributed by atoms with Crippen LogP contribution in [-0.2, 0) is 17.9 Å². The van der Waals surface area contributed by atoms with Crippen LogP contribution in [0.2, 0.25) is 5.02 Å². The van der Waals surface area contributed by atoms with E-state index in [1.165, 1.54) is 6.07 Å². The lowest BCUT2D eigenvalue weighted by atomic mass is 9.97. The number of fused-ring (bicyclic) bond motifs is 3. The van der Waals surface area contributed by atoms with Gasteiger partial charge in [-0.05, 0) is 60.5 Å². The molecule has 3 aromatic carbocycles. The van der Waals surface area contributed by atoms with E-state index in [4.69, 9.17) is 16.3 Å². The van der Waals surface area contributed by atoms with Gasteiger partial charge in [0, 0.05) is 51.9 Å². The van der Waals surface area contributed by atoms with E-state index in [-0.39, 0.29) is 18.6 Å². The molecule has 5 nitrogen and oxygen atoms in total. The Morgan fingerprint density at radius 2 is 2.09 bits per heavy atom. The van der Waals surface area contributed by atoms with Crippen LogP contribution in [0.5, 0.6) is 0 Å². The lowest BCUT2D eigenvalue weighted by Crippen LogP contribution is -2.23. The van der Waals surface area contributed by atoms with Crippen molar-refractivity contribution in [3.8, 4) is 0 Å². The van der Waals surface area contributed by atoms with Crippen LogP contribution in [-0.4, -0.2) is 15.9 Å². The lowest BCUT2D eigenvalue weighted by molar-refractivity contribution is 0.0934. The standard InChI is InChI=1S/C28H21ClFN3O2/c1-15-2-5-25-18(6-15)7-20(12-31-25)27-21-8-16(3-4-17(21)14-35-27)28(34)33-11-19-9-22-23(29)13-32-26(22)10-24(19)30/h2-10,12-13,27,32H,11,14H2,1H3,(H,33,34). The Morgan fingerprint density at radius 3 is 2.97 bits per heavy atom. The van der Waals surface area contributed by atoms with Gasteiger partial charge in [0.05, 0.1) is 17.1 Å². The van der Waals surface area contributed by atoms with E-state index in [1.54, 1.807) is 18.3 Å². The Labute approximate surface area is 205 Å². The molecule has 2 aromatic heterocycles. The summed E-state index contributed by atoms with van der Waals surface area (Å²) in [5, 5.41) is 5.10. The number of amides is 1. The molecule has 0 saturated heterocycles. The van der Waals surface area contributed by atoms with Gasteiger partial charge in [0.1, 0.15) is 11.9 Å². The topological polar surface area (TPSA) is 67.0 Å². The predicted molar refractivity (Wildman–Crippen MR) is 134 cm³/mol. The summed E-state index contributed by atoms with van der Waals surface area (Å²) in [6, 6.07) is 16.8. The molecule has 0 spiro atoms. The zero-order chi connectivity index (χ0) is 24.1. The number of H-pyrrole nitrogens is 1. The van der Waals surface area contributed by atoms with Crippen molar-refractivity contribution < 1.29 is 13.9 Å². The second-order valence-electron chi connectivity index (χ2n) is 8.88. The van der Waals surface area contributed by atoms with Crippen molar-refractivity contribution in [1.82, 2.24) is 15.3 Å². The number of nitrogens with one attached hydrogen (secondary N) is 2. The second-order valence-corrected chi connectivity index (χ2v) is 9.29. The minimum atomic E-state index is -0.405. The van der Waals surface area contributed by atoms with Gasteiger partial charge in [0.25, 0.3) is 5.91 Å².